The summed E-state index contributed by atoms with van der Waals surface area (Å²) in [5.74, 6) is 0.829. The second-order valence-electron chi connectivity index (χ2n) is 4.60. The Hall–Kier alpha value is -1.40. The summed E-state index contributed by atoms with van der Waals surface area (Å²) in [6.07, 6.45) is 0.440. The van der Waals surface area contributed by atoms with Crippen molar-refractivity contribution >= 4 is 38.3 Å². The monoisotopic (exact) mass is 368 g/mol. The van der Waals surface area contributed by atoms with Gasteiger partial charge < -0.3 is 10.1 Å². The van der Waals surface area contributed by atoms with E-state index in [9.17, 15) is 4.79 Å². The molecular formula is C15H17BrN2O2S. The maximum absolute atomic E-state index is 11.6. The highest BCUT2D eigenvalue weighted by atomic mass is 79.9. The molecule has 0 bridgehead atoms. The number of anilines is 1. The minimum absolute atomic E-state index is 0.0295. The van der Waals surface area contributed by atoms with Crippen molar-refractivity contribution in [2.45, 2.75) is 20.3 Å². The summed E-state index contributed by atoms with van der Waals surface area (Å²) in [5, 5.41) is 4.11. The number of carbonyl (C=O) groups is 1. The molecule has 0 aliphatic heterocycles. The van der Waals surface area contributed by atoms with Crippen LogP contribution in [0, 0.1) is 13.8 Å². The Morgan fingerprint density at radius 2 is 2.19 bits per heavy atom. The molecule has 0 aliphatic carbocycles. The average molecular weight is 369 g/mol. The van der Waals surface area contributed by atoms with Gasteiger partial charge in [0.2, 0.25) is 5.91 Å². The van der Waals surface area contributed by atoms with Crippen LogP contribution in [0.2, 0.25) is 0 Å². The Labute approximate surface area is 136 Å². The Kier molecular flexibility index (Phi) is 5.36. The third-order valence-corrected chi connectivity index (χ3v) is 4.32. The molecule has 21 heavy (non-hydrogen) atoms. The molecule has 4 nitrogen and oxygen atoms in total. The molecule has 0 spiro atoms. The van der Waals surface area contributed by atoms with Crippen LogP contribution in [0.1, 0.15) is 16.9 Å². The fourth-order valence-electron chi connectivity index (χ4n) is 2.01. The molecule has 0 atom stereocenters. The van der Waals surface area contributed by atoms with Gasteiger partial charge in [0.15, 0.2) is 5.13 Å². The van der Waals surface area contributed by atoms with Gasteiger partial charge in [0.1, 0.15) is 5.75 Å². The number of aromatic nitrogens is 1. The van der Waals surface area contributed by atoms with Crippen molar-refractivity contribution in [2.24, 2.45) is 0 Å². The van der Waals surface area contributed by atoms with Gasteiger partial charge in [-0.15, -0.1) is 11.3 Å². The molecule has 0 fully saturated rings. The van der Waals surface area contributed by atoms with Crippen molar-refractivity contribution in [3.63, 3.8) is 0 Å². The van der Waals surface area contributed by atoms with Gasteiger partial charge in [-0.05, 0) is 37.6 Å². The summed E-state index contributed by atoms with van der Waals surface area (Å²) >= 11 is 4.74. The van der Waals surface area contributed by atoms with Crippen LogP contribution in [0.5, 0.6) is 5.75 Å². The van der Waals surface area contributed by atoms with Gasteiger partial charge in [0, 0.05) is 22.2 Å². The third-order valence-electron chi connectivity index (χ3n) is 3.03. The lowest BCUT2D eigenvalue weighted by Gasteiger charge is -2.06. The van der Waals surface area contributed by atoms with Gasteiger partial charge in [-0.3, -0.25) is 4.79 Å². The van der Waals surface area contributed by atoms with Crippen LogP contribution in [0.4, 0.5) is 5.13 Å². The molecule has 2 rings (SSSR count). The first-order valence-electron chi connectivity index (χ1n) is 6.53. The Balaban J connectivity index is 2.26. The summed E-state index contributed by atoms with van der Waals surface area (Å²) in [6.45, 7) is 4.01. The zero-order valence-electron chi connectivity index (χ0n) is 12.2. The summed E-state index contributed by atoms with van der Waals surface area (Å²) in [6, 6.07) is 5.97. The minimum atomic E-state index is -0.0295. The van der Waals surface area contributed by atoms with E-state index < -0.39 is 0 Å². The number of benzene rings is 1. The van der Waals surface area contributed by atoms with Gasteiger partial charge in [0.25, 0.3) is 0 Å². The van der Waals surface area contributed by atoms with Crippen molar-refractivity contribution in [3.8, 4) is 17.0 Å². The number of aryl methyl sites for hydroxylation is 2. The molecule has 1 heterocycles. The van der Waals surface area contributed by atoms with Crippen LogP contribution in [-0.2, 0) is 4.79 Å². The lowest BCUT2D eigenvalue weighted by atomic mass is 10.1. The number of rotatable bonds is 5. The van der Waals surface area contributed by atoms with E-state index in [1.165, 1.54) is 11.3 Å². The molecule has 0 saturated carbocycles. The quantitative estimate of drug-likeness (QED) is 0.806. The van der Waals surface area contributed by atoms with E-state index in [0.29, 0.717) is 16.9 Å². The van der Waals surface area contributed by atoms with E-state index in [1.807, 2.05) is 32.0 Å². The Morgan fingerprint density at radius 1 is 1.43 bits per heavy atom. The van der Waals surface area contributed by atoms with Crippen LogP contribution in [0.15, 0.2) is 18.2 Å². The zero-order valence-corrected chi connectivity index (χ0v) is 14.6. The lowest BCUT2D eigenvalue weighted by Crippen LogP contribution is -2.11. The van der Waals surface area contributed by atoms with Crippen LogP contribution in [-0.4, -0.2) is 23.3 Å². The second-order valence-corrected chi connectivity index (χ2v) is 6.59. The Morgan fingerprint density at radius 3 is 2.81 bits per heavy atom. The fourth-order valence-corrected chi connectivity index (χ4v) is 3.22. The lowest BCUT2D eigenvalue weighted by molar-refractivity contribution is -0.115. The summed E-state index contributed by atoms with van der Waals surface area (Å²) in [5.41, 5.74) is 3.00. The van der Waals surface area contributed by atoms with Crippen molar-refractivity contribution < 1.29 is 9.53 Å². The van der Waals surface area contributed by atoms with E-state index in [1.54, 1.807) is 7.11 Å². The van der Waals surface area contributed by atoms with Crippen LogP contribution < -0.4 is 10.1 Å². The largest absolute Gasteiger partial charge is 0.496 e. The SMILES string of the molecule is COc1ccc(-c2nc(NC(=O)CCBr)sc2C)cc1C. The first kappa shape index (κ1) is 16.0. The number of hydrogen-bond acceptors (Lipinski definition) is 4. The number of ether oxygens (including phenoxy) is 1. The van der Waals surface area contributed by atoms with E-state index in [-0.39, 0.29) is 5.91 Å². The number of thiazole rings is 1. The zero-order chi connectivity index (χ0) is 15.4. The van der Waals surface area contributed by atoms with Crippen molar-refractivity contribution in [2.75, 3.05) is 17.8 Å². The second kappa shape index (κ2) is 7.04. The number of amides is 1. The van der Waals surface area contributed by atoms with E-state index in [0.717, 1.165) is 27.4 Å². The first-order chi connectivity index (χ1) is 10.0. The fraction of sp³-hybridized carbons (Fsp3) is 0.333. The molecule has 0 unspecified atom stereocenters. The summed E-state index contributed by atoms with van der Waals surface area (Å²) in [4.78, 5) is 17.2. The number of nitrogens with one attached hydrogen (secondary N) is 1. The predicted molar refractivity (Wildman–Crippen MR) is 90.6 cm³/mol. The average Bonchev–Trinajstić information content (AvgIpc) is 2.79. The standard InChI is InChI=1S/C15H17BrN2O2S/c1-9-8-11(4-5-12(9)20-3)14-10(2)21-15(18-14)17-13(19)6-7-16/h4-5,8H,6-7H2,1-3H3,(H,17,18,19). The highest BCUT2D eigenvalue weighted by molar-refractivity contribution is 9.09. The molecule has 0 radical (unpaired) electrons. The summed E-state index contributed by atoms with van der Waals surface area (Å²) in [7, 11) is 1.66. The number of alkyl halides is 1. The molecule has 1 aromatic carbocycles. The van der Waals surface area contributed by atoms with Crippen molar-refractivity contribution in [1.29, 1.82) is 0 Å². The number of nitrogens with zero attached hydrogens (tertiary/aromatic N) is 1. The first-order valence-corrected chi connectivity index (χ1v) is 8.47. The normalized spacial score (nSPS) is 10.5. The number of carbonyl (C=O) groups excluding carboxylic acids is 1. The minimum Gasteiger partial charge on any atom is -0.496 e. The topological polar surface area (TPSA) is 51.2 Å². The maximum Gasteiger partial charge on any atom is 0.226 e. The van der Waals surface area contributed by atoms with Gasteiger partial charge >= 0.3 is 0 Å². The molecule has 0 saturated heterocycles. The molecule has 0 aliphatic rings. The van der Waals surface area contributed by atoms with Crippen LogP contribution in [0.25, 0.3) is 11.3 Å². The molecular weight excluding hydrogens is 352 g/mol. The van der Waals surface area contributed by atoms with E-state index in [4.69, 9.17) is 4.74 Å². The maximum atomic E-state index is 11.6. The highest BCUT2D eigenvalue weighted by Crippen LogP contribution is 2.32. The molecule has 2 aromatic rings. The molecule has 1 aromatic heterocycles. The predicted octanol–water partition coefficient (Wildman–Crippen LogP) is 4.16. The summed E-state index contributed by atoms with van der Waals surface area (Å²) < 4.78 is 5.27. The molecule has 1 amide bonds. The van der Waals surface area contributed by atoms with E-state index >= 15 is 0 Å². The van der Waals surface area contributed by atoms with Crippen molar-refractivity contribution in [3.05, 3.63) is 28.6 Å². The van der Waals surface area contributed by atoms with Gasteiger partial charge in [-0.1, -0.05) is 15.9 Å². The third kappa shape index (κ3) is 3.83. The van der Waals surface area contributed by atoms with Gasteiger partial charge in [-0.2, -0.15) is 0 Å². The van der Waals surface area contributed by atoms with Crippen molar-refractivity contribution in [1.82, 2.24) is 4.98 Å². The smallest absolute Gasteiger partial charge is 0.226 e. The highest BCUT2D eigenvalue weighted by Gasteiger charge is 2.12. The van der Waals surface area contributed by atoms with Gasteiger partial charge in [-0.25, -0.2) is 4.98 Å². The number of halogens is 1. The van der Waals surface area contributed by atoms with Crippen LogP contribution >= 0.6 is 27.3 Å². The molecule has 1 N–H and O–H groups in total. The molecule has 6 heteroatoms. The number of methoxy groups -OCH3 is 1. The Bertz CT molecular complexity index is 655. The van der Waals surface area contributed by atoms with Crippen LogP contribution in [0.3, 0.4) is 0 Å². The number of hydrogen-bond donors (Lipinski definition) is 1. The molecule has 112 valence electrons. The van der Waals surface area contributed by atoms with E-state index in [2.05, 4.69) is 26.2 Å². The van der Waals surface area contributed by atoms with Gasteiger partial charge in [0.05, 0.1) is 12.8 Å².